The van der Waals surface area contributed by atoms with Gasteiger partial charge in [-0.3, -0.25) is 4.68 Å². The van der Waals surface area contributed by atoms with Gasteiger partial charge < -0.3 is 9.84 Å². The molecule has 0 aliphatic carbocycles. The molecule has 2 aromatic rings. The van der Waals surface area contributed by atoms with Crippen molar-refractivity contribution in [3.05, 3.63) is 37.7 Å². The lowest BCUT2D eigenvalue weighted by Crippen LogP contribution is -2.13. The van der Waals surface area contributed by atoms with Gasteiger partial charge in [0.25, 0.3) is 0 Å². The highest BCUT2D eigenvalue weighted by Gasteiger charge is 2.20. The molecule has 0 aliphatic rings. The Morgan fingerprint density at radius 3 is 3.06 bits per heavy atom. The first-order valence-electron chi connectivity index (χ1n) is 5.25. The minimum absolute atomic E-state index is 0.459. The van der Waals surface area contributed by atoms with Crippen LogP contribution >= 0.6 is 38.9 Å². The van der Waals surface area contributed by atoms with Gasteiger partial charge in [0.2, 0.25) is 0 Å². The van der Waals surface area contributed by atoms with E-state index in [0.29, 0.717) is 23.9 Å². The first kappa shape index (κ1) is 14.0. The number of hydrogen-bond acceptors (Lipinski definition) is 4. The van der Waals surface area contributed by atoms with E-state index in [0.717, 1.165) is 9.35 Å². The Kier molecular flexibility index (Phi) is 4.80. The fraction of sp³-hybridized carbons (Fsp3) is 0.364. The number of methoxy groups -OCH3 is 1. The first-order valence-corrected chi connectivity index (χ1v) is 7.30. The molecule has 98 valence electrons. The van der Waals surface area contributed by atoms with Gasteiger partial charge in [-0.1, -0.05) is 11.6 Å². The third-order valence-corrected chi connectivity index (χ3v) is 4.32. The normalized spacial score (nSPS) is 12.9. The molecule has 2 rings (SSSR count). The molecule has 4 nitrogen and oxygen atoms in total. The van der Waals surface area contributed by atoms with Crippen molar-refractivity contribution in [2.45, 2.75) is 12.6 Å². The number of ether oxygens (including phenoxy) is 1. The number of nitrogens with zero attached hydrogens (tertiary/aromatic N) is 2. The number of aromatic nitrogens is 2. The van der Waals surface area contributed by atoms with E-state index < -0.39 is 6.10 Å². The second-order valence-corrected chi connectivity index (χ2v) is 6.38. The predicted octanol–water partition coefficient (Wildman–Crippen LogP) is 3.09. The lowest BCUT2D eigenvalue weighted by atomic mass is 10.1. The molecule has 2 aromatic heterocycles. The quantitative estimate of drug-likeness (QED) is 0.900. The highest BCUT2D eigenvalue weighted by Crippen LogP contribution is 2.32. The molecule has 0 aromatic carbocycles. The van der Waals surface area contributed by atoms with Crippen molar-refractivity contribution in [3.63, 3.8) is 0 Å². The predicted molar refractivity (Wildman–Crippen MR) is 75.2 cm³/mol. The van der Waals surface area contributed by atoms with E-state index in [1.165, 1.54) is 17.5 Å². The summed E-state index contributed by atoms with van der Waals surface area (Å²) >= 11 is 11.0. The highest BCUT2D eigenvalue weighted by atomic mass is 79.9. The Bertz CT molecular complexity index is 529. The molecule has 0 spiro atoms. The molecule has 0 saturated heterocycles. The van der Waals surface area contributed by atoms with Crippen LogP contribution in [0.2, 0.25) is 5.02 Å². The topological polar surface area (TPSA) is 47.3 Å². The van der Waals surface area contributed by atoms with Crippen molar-refractivity contribution in [3.8, 4) is 0 Å². The lowest BCUT2D eigenvalue weighted by Gasteiger charge is -2.12. The van der Waals surface area contributed by atoms with Gasteiger partial charge in [0.1, 0.15) is 6.10 Å². The minimum Gasteiger partial charge on any atom is -0.383 e. The van der Waals surface area contributed by atoms with Crippen molar-refractivity contribution in [1.82, 2.24) is 9.78 Å². The summed E-state index contributed by atoms with van der Waals surface area (Å²) < 4.78 is 7.65. The van der Waals surface area contributed by atoms with Crippen LogP contribution in [0.3, 0.4) is 0 Å². The maximum absolute atomic E-state index is 10.4. The zero-order valence-corrected chi connectivity index (χ0v) is 12.8. The maximum atomic E-state index is 10.4. The molecule has 0 aliphatic heterocycles. The van der Waals surface area contributed by atoms with Crippen LogP contribution in [0.15, 0.2) is 21.4 Å². The van der Waals surface area contributed by atoms with E-state index in [-0.39, 0.29) is 0 Å². The largest absolute Gasteiger partial charge is 0.383 e. The smallest absolute Gasteiger partial charge is 0.123 e. The van der Waals surface area contributed by atoms with Gasteiger partial charge in [-0.05, 0) is 32.9 Å². The van der Waals surface area contributed by atoms with Crippen LogP contribution in [-0.2, 0) is 11.3 Å². The van der Waals surface area contributed by atoms with E-state index in [1.54, 1.807) is 11.8 Å². The molecule has 2 heterocycles. The third-order valence-electron chi connectivity index (χ3n) is 2.50. The van der Waals surface area contributed by atoms with Crippen molar-refractivity contribution in [2.24, 2.45) is 0 Å². The van der Waals surface area contributed by atoms with E-state index in [2.05, 4.69) is 21.0 Å². The average Bonchev–Trinajstić information content (AvgIpc) is 2.92. The summed E-state index contributed by atoms with van der Waals surface area (Å²) in [6, 6.07) is 1.87. The first-order chi connectivity index (χ1) is 8.63. The van der Waals surface area contributed by atoms with Crippen molar-refractivity contribution in [1.29, 1.82) is 0 Å². The lowest BCUT2D eigenvalue weighted by molar-refractivity contribution is 0.171. The molecule has 0 bridgehead atoms. The summed E-state index contributed by atoms with van der Waals surface area (Å²) in [5.74, 6) is 0. The number of halogens is 2. The molecule has 0 fully saturated rings. The van der Waals surface area contributed by atoms with Crippen LogP contribution in [0.1, 0.15) is 17.4 Å². The minimum atomic E-state index is -0.778. The Balaban J connectivity index is 2.28. The van der Waals surface area contributed by atoms with Crippen LogP contribution in [0, 0.1) is 0 Å². The number of rotatable bonds is 5. The van der Waals surface area contributed by atoms with E-state index in [1.807, 2.05) is 11.4 Å². The van der Waals surface area contributed by atoms with Crippen molar-refractivity contribution < 1.29 is 9.84 Å². The second kappa shape index (κ2) is 6.16. The molecule has 0 amide bonds. The summed E-state index contributed by atoms with van der Waals surface area (Å²) in [4.78, 5) is 0. The average molecular weight is 352 g/mol. The third kappa shape index (κ3) is 2.95. The fourth-order valence-electron chi connectivity index (χ4n) is 1.62. The van der Waals surface area contributed by atoms with Gasteiger partial charge >= 0.3 is 0 Å². The van der Waals surface area contributed by atoms with Gasteiger partial charge in [0.15, 0.2) is 0 Å². The molecule has 1 unspecified atom stereocenters. The van der Waals surface area contributed by atoms with Gasteiger partial charge in [0, 0.05) is 7.11 Å². The van der Waals surface area contributed by atoms with Gasteiger partial charge in [-0.15, -0.1) is 11.3 Å². The summed E-state index contributed by atoms with van der Waals surface area (Å²) in [5, 5.41) is 16.8. The summed E-state index contributed by atoms with van der Waals surface area (Å²) in [6.45, 7) is 1.08. The Labute approximate surface area is 122 Å². The van der Waals surface area contributed by atoms with Crippen LogP contribution in [0.5, 0.6) is 0 Å². The van der Waals surface area contributed by atoms with E-state index in [4.69, 9.17) is 16.3 Å². The number of aliphatic hydroxyl groups excluding tert-OH is 1. The molecule has 0 radical (unpaired) electrons. The highest BCUT2D eigenvalue weighted by molar-refractivity contribution is 9.11. The number of thiophene rings is 1. The van der Waals surface area contributed by atoms with Crippen molar-refractivity contribution in [2.75, 3.05) is 13.7 Å². The molecule has 1 N–H and O–H groups in total. The molecule has 1 atom stereocenters. The molecular weight excluding hydrogens is 340 g/mol. The Hall–Kier alpha value is -0.400. The molecular formula is C11H12BrClN2O2S. The summed E-state index contributed by atoms with van der Waals surface area (Å²) in [6.07, 6.45) is 0.761. The number of hydrogen-bond donors (Lipinski definition) is 1. The Morgan fingerprint density at radius 1 is 1.67 bits per heavy atom. The van der Waals surface area contributed by atoms with Crippen LogP contribution in [0.25, 0.3) is 0 Å². The monoisotopic (exact) mass is 350 g/mol. The standard InChI is InChI=1S/C11H12BrClN2O2S/c1-17-3-2-15-10(8(13)5-14-15)11(16)7-4-9(12)18-6-7/h4-6,11,16H,2-3H2,1H3. The van der Waals surface area contributed by atoms with Crippen LogP contribution in [0.4, 0.5) is 0 Å². The van der Waals surface area contributed by atoms with Crippen LogP contribution in [-0.4, -0.2) is 28.6 Å². The molecule has 0 saturated carbocycles. The fourth-order valence-corrected chi connectivity index (χ4v) is 3.06. The van der Waals surface area contributed by atoms with Crippen LogP contribution < -0.4 is 0 Å². The van der Waals surface area contributed by atoms with E-state index in [9.17, 15) is 5.11 Å². The maximum Gasteiger partial charge on any atom is 0.123 e. The number of aliphatic hydroxyl groups is 1. The van der Waals surface area contributed by atoms with Gasteiger partial charge in [0.05, 0.1) is 33.9 Å². The van der Waals surface area contributed by atoms with E-state index >= 15 is 0 Å². The Morgan fingerprint density at radius 2 is 2.44 bits per heavy atom. The summed E-state index contributed by atoms with van der Waals surface area (Å²) in [5.41, 5.74) is 1.40. The van der Waals surface area contributed by atoms with Crippen molar-refractivity contribution >= 4 is 38.9 Å². The molecule has 18 heavy (non-hydrogen) atoms. The zero-order valence-electron chi connectivity index (χ0n) is 9.64. The van der Waals surface area contributed by atoms with Gasteiger partial charge in [-0.25, -0.2) is 0 Å². The SMILES string of the molecule is COCCn1ncc(Cl)c1C(O)c1csc(Br)c1. The zero-order chi connectivity index (χ0) is 13.1. The molecule has 7 heteroatoms. The summed E-state index contributed by atoms with van der Waals surface area (Å²) in [7, 11) is 1.62. The second-order valence-electron chi connectivity index (χ2n) is 3.68. The van der Waals surface area contributed by atoms with Gasteiger partial charge in [-0.2, -0.15) is 5.10 Å².